The van der Waals surface area contributed by atoms with Gasteiger partial charge in [0.2, 0.25) is 15.4 Å². The third kappa shape index (κ3) is 5.76. The van der Waals surface area contributed by atoms with Crippen LogP contribution in [-0.2, 0) is 19.6 Å². The molecule has 1 saturated carbocycles. The van der Waals surface area contributed by atoms with Crippen LogP contribution in [0.15, 0.2) is 4.34 Å². The summed E-state index contributed by atoms with van der Waals surface area (Å²) in [6, 6.07) is 0. The lowest BCUT2D eigenvalue weighted by Gasteiger charge is -2.10. The molecule has 0 spiro atoms. The van der Waals surface area contributed by atoms with Gasteiger partial charge in [-0.15, -0.1) is 10.2 Å². The molecule has 0 aliphatic heterocycles. The lowest BCUT2D eigenvalue weighted by Crippen LogP contribution is -2.26. The number of carbonyl (C=O) groups is 1. The molecule has 0 radical (unpaired) electrons. The summed E-state index contributed by atoms with van der Waals surface area (Å²) in [6.07, 6.45) is 5.55. The molecule has 8 nitrogen and oxygen atoms in total. The van der Waals surface area contributed by atoms with E-state index in [1.165, 1.54) is 12.8 Å². The van der Waals surface area contributed by atoms with Gasteiger partial charge in [0, 0.05) is 19.1 Å². The number of sulfonamides is 1. The molecule has 0 unspecified atom stereocenters. The lowest BCUT2D eigenvalue weighted by atomic mass is 10.2. The zero-order valence-corrected chi connectivity index (χ0v) is 15.6. The molecule has 0 aromatic carbocycles. The first-order valence-corrected chi connectivity index (χ1v) is 10.4. The third-order valence-electron chi connectivity index (χ3n) is 3.66. The number of nitrogens with zero attached hydrogens (tertiary/aromatic N) is 2. The van der Waals surface area contributed by atoms with Gasteiger partial charge in [-0.1, -0.05) is 38.0 Å². The molecule has 0 atom stereocenters. The Balaban J connectivity index is 1.75. The summed E-state index contributed by atoms with van der Waals surface area (Å²) >= 11 is 0.834. The molecule has 1 amide bonds. The van der Waals surface area contributed by atoms with Crippen LogP contribution in [0.2, 0.25) is 0 Å². The molecule has 1 aliphatic rings. The molecule has 1 fully saturated rings. The fourth-order valence-electron chi connectivity index (χ4n) is 2.26. The van der Waals surface area contributed by atoms with E-state index in [-0.39, 0.29) is 27.8 Å². The third-order valence-corrected chi connectivity index (χ3v) is 6.33. The molecule has 136 valence electrons. The van der Waals surface area contributed by atoms with Gasteiger partial charge in [-0.25, -0.2) is 13.1 Å². The van der Waals surface area contributed by atoms with Gasteiger partial charge in [-0.2, -0.15) is 0 Å². The number of hydrogen-bond donors (Lipinski definition) is 2. The number of anilines is 1. The highest BCUT2D eigenvalue weighted by atomic mass is 32.2. The number of hydrogen-bond acceptors (Lipinski definition) is 7. The maximum Gasteiger partial charge on any atom is 0.269 e. The molecule has 24 heavy (non-hydrogen) atoms. The van der Waals surface area contributed by atoms with Crippen molar-refractivity contribution in [1.29, 1.82) is 0 Å². The molecule has 1 aromatic heterocycles. The number of rotatable bonds is 9. The van der Waals surface area contributed by atoms with Crippen LogP contribution < -0.4 is 10.0 Å². The Morgan fingerprint density at radius 3 is 2.71 bits per heavy atom. The molecule has 1 aromatic rings. The summed E-state index contributed by atoms with van der Waals surface area (Å²) in [5, 5.41) is 10.0. The van der Waals surface area contributed by atoms with Gasteiger partial charge < -0.3 is 10.1 Å². The predicted molar refractivity (Wildman–Crippen MR) is 91.4 cm³/mol. The van der Waals surface area contributed by atoms with E-state index < -0.39 is 10.0 Å². The van der Waals surface area contributed by atoms with Gasteiger partial charge in [-0.05, 0) is 19.3 Å². The van der Waals surface area contributed by atoms with E-state index in [0.717, 1.165) is 24.2 Å². The smallest absolute Gasteiger partial charge is 0.269 e. The number of ether oxygens (including phenoxy) is 1. The second-order valence-corrected chi connectivity index (χ2v) is 8.96. The molecular formula is C14H24N4O4S2. The van der Waals surface area contributed by atoms with Crippen LogP contribution in [0.4, 0.5) is 5.13 Å². The van der Waals surface area contributed by atoms with E-state index in [1.807, 2.05) is 0 Å². The van der Waals surface area contributed by atoms with Gasteiger partial charge in [-0.3, -0.25) is 4.79 Å². The Labute approximate surface area is 146 Å². The molecule has 1 aliphatic carbocycles. The zero-order chi connectivity index (χ0) is 17.6. The van der Waals surface area contributed by atoms with Gasteiger partial charge >= 0.3 is 0 Å². The Kier molecular flexibility index (Phi) is 7.08. The van der Waals surface area contributed by atoms with Crippen molar-refractivity contribution in [1.82, 2.24) is 14.9 Å². The van der Waals surface area contributed by atoms with Crippen molar-refractivity contribution in [3.8, 4) is 0 Å². The molecule has 0 bridgehead atoms. The predicted octanol–water partition coefficient (Wildman–Crippen LogP) is 1.76. The standard InChI is InChI=1S/C14H24N4O4S2/c1-10(2)12(19)16-13-17-18-14(23-13)24(20,21)15-8-5-9-22-11-6-3-4-7-11/h10-11,15H,3-9H2,1-2H3,(H,16,17,19). The number of aromatic nitrogens is 2. The number of nitrogens with one attached hydrogen (secondary N) is 2. The topological polar surface area (TPSA) is 110 Å². The summed E-state index contributed by atoms with van der Waals surface area (Å²) in [4.78, 5) is 11.6. The van der Waals surface area contributed by atoms with Crippen molar-refractivity contribution in [2.45, 2.75) is 56.4 Å². The van der Waals surface area contributed by atoms with Crippen molar-refractivity contribution in [3.05, 3.63) is 0 Å². The van der Waals surface area contributed by atoms with Gasteiger partial charge in [0.05, 0.1) is 6.10 Å². The van der Waals surface area contributed by atoms with Crippen molar-refractivity contribution in [3.63, 3.8) is 0 Å². The van der Waals surface area contributed by atoms with Gasteiger partial charge in [0.15, 0.2) is 0 Å². The number of amides is 1. The minimum Gasteiger partial charge on any atom is -0.378 e. The molecule has 2 N–H and O–H groups in total. The van der Waals surface area contributed by atoms with Crippen LogP contribution in [0, 0.1) is 5.92 Å². The maximum atomic E-state index is 12.1. The highest BCUT2D eigenvalue weighted by Gasteiger charge is 2.21. The van der Waals surface area contributed by atoms with Gasteiger partial charge in [0.25, 0.3) is 10.0 Å². The summed E-state index contributed by atoms with van der Waals surface area (Å²) in [7, 11) is -3.71. The Bertz CT molecular complexity index is 639. The first-order chi connectivity index (χ1) is 11.4. The van der Waals surface area contributed by atoms with Crippen molar-refractivity contribution < 1.29 is 17.9 Å². The largest absolute Gasteiger partial charge is 0.378 e. The van der Waals surface area contributed by atoms with Gasteiger partial charge in [0.1, 0.15) is 0 Å². The lowest BCUT2D eigenvalue weighted by molar-refractivity contribution is -0.118. The van der Waals surface area contributed by atoms with E-state index in [1.54, 1.807) is 13.8 Å². The Morgan fingerprint density at radius 1 is 1.33 bits per heavy atom. The second kappa shape index (κ2) is 8.84. The Hall–Kier alpha value is -1.10. The SMILES string of the molecule is CC(C)C(=O)Nc1nnc(S(=O)(=O)NCCCOC2CCCC2)s1. The summed E-state index contributed by atoms with van der Waals surface area (Å²) in [6.45, 7) is 4.30. The van der Waals surface area contributed by atoms with Crippen LogP contribution in [0.5, 0.6) is 0 Å². The first-order valence-electron chi connectivity index (χ1n) is 8.14. The molecule has 0 saturated heterocycles. The highest BCUT2D eigenvalue weighted by molar-refractivity contribution is 7.91. The fourth-order valence-corrected chi connectivity index (χ4v) is 4.28. The highest BCUT2D eigenvalue weighted by Crippen LogP contribution is 2.21. The van der Waals surface area contributed by atoms with E-state index >= 15 is 0 Å². The monoisotopic (exact) mass is 376 g/mol. The maximum absolute atomic E-state index is 12.1. The zero-order valence-electron chi connectivity index (χ0n) is 13.9. The average Bonchev–Trinajstić information content (AvgIpc) is 3.18. The van der Waals surface area contributed by atoms with E-state index in [9.17, 15) is 13.2 Å². The van der Waals surface area contributed by atoms with Crippen molar-refractivity contribution >= 4 is 32.4 Å². The molecule has 2 rings (SSSR count). The summed E-state index contributed by atoms with van der Waals surface area (Å²) < 4.78 is 32.3. The van der Waals surface area contributed by atoms with E-state index in [4.69, 9.17) is 4.74 Å². The normalized spacial score (nSPS) is 16.0. The molecule has 1 heterocycles. The van der Waals surface area contributed by atoms with Crippen molar-refractivity contribution in [2.75, 3.05) is 18.5 Å². The van der Waals surface area contributed by atoms with Crippen LogP contribution in [0.1, 0.15) is 46.0 Å². The van der Waals surface area contributed by atoms with Crippen LogP contribution >= 0.6 is 11.3 Å². The van der Waals surface area contributed by atoms with E-state index in [2.05, 4.69) is 20.2 Å². The molecule has 10 heteroatoms. The fraction of sp³-hybridized carbons (Fsp3) is 0.786. The van der Waals surface area contributed by atoms with Crippen molar-refractivity contribution in [2.24, 2.45) is 5.92 Å². The van der Waals surface area contributed by atoms with Crippen LogP contribution in [0.25, 0.3) is 0 Å². The minimum atomic E-state index is -3.71. The number of carbonyl (C=O) groups excluding carboxylic acids is 1. The molecular weight excluding hydrogens is 352 g/mol. The quantitative estimate of drug-likeness (QED) is 0.502. The second-order valence-electron chi connectivity index (χ2n) is 6.05. The minimum absolute atomic E-state index is 0.154. The Morgan fingerprint density at radius 2 is 2.04 bits per heavy atom. The first kappa shape index (κ1) is 19.2. The summed E-state index contributed by atoms with van der Waals surface area (Å²) in [5.74, 6) is -0.445. The summed E-state index contributed by atoms with van der Waals surface area (Å²) in [5.41, 5.74) is 0. The van der Waals surface area contributed by atoms with E-state index in [0.29, 0.717) is 19.1 Å². The average molecular weight is 377 g/mol. The van der Waals surface area contributed by atoms with Crippen LogP contribution in [-0.4, -0.2) is 43.8 Å². The van der Waals surface area contributed by atoms with Crippen LogP contribution in [0.3, 0.4) is 0 Å².